The maximum atomic E-state index is 12.5. The highest BCUT2D eigenvalue weighted by Crippen LogP contribution is 2.18. The molecule has 0 heterocycles. The first kappa shape index (κ1) is 20.1. The minimum atomic E-state index is -3.54. The molecule has 2 aromatic rings. The number of nitrogens with one attached hydrogen (secondary N) is 1. The molecule has 0 aliphatic carbocycles. The third kappa shape index (κ3) is 4.91. The Hall–Kier alpha value is -2.22. The Bertz CT molecular complexity index is 851. The SMILES string of the molecule is C[C@H]([NH2+][C@H](C)c1ccccc1)C(=O)Nc1cccc(S(=O)(=O)N(C)C)c1. The molecule has 0 aliphatic rings. The fourth-order valence-electron chi connectivity index (χ4n) is 2.59. The van der Waals surface area contributed by atoms with Gasteiger partial charge in [0, 0.05) is 25.3 Å². The van der Waals surface area contributed by atoms with Gasteiger partial charge in [-0.25, -0.2) is 12.7 Å². The van der Waals surface area contributed by atoms with Crippen LogP contribution < -0.4 is 10.6 Å². The summed E-state index contributed by atoms with van der Waals surface area (Å²) in [6.07, 6.45) is 0. The Labute approximate surface area is 155 Å². The van der Waals surface area contributed by atoms with E-state index in [1.54, 1.807) is 12.1 Å². The highest BCUT2D eigenvalue weighted by Gasteiger charge is 2.22. The van der Waals surface area contributed by atoms with E-state index in [-0.39, 0.29) is 22.9 Å². The first-order chi connectivity index (χ1) is 12.2. The van der Waals surface area contributed by atoms with E-state index in [2.05, 4.69) is 5.32 Å². The summed E-state index contributed by atoms with van der Waals surface area (Å²) in [5, 5.41) is 4.77. The molecule has 6 nitrogen and oxygen atoms in total. The second-order valence-electron chi connectivity index (χ2n) is 6.48. The molecule has 0 aliphatic heterocycles. The Morgan fingerprint density at radius 1 is 1.04 bits per heavy atom. The van der Waals surface area contributed by atoms with Crippen LogP contribution in [0.3, 0.4) is 0 Å². The molecule has 0 fully saturated rings. The zero-order valence-electron chi connectivity index (χ0n) is 15.5. The number of nitrogens with two attached hydrogens (primary N) is 1. The number of hydrogen-bond donors (Lipinski definition) is 2. The van der Waals surface area contributed by atoms with Gasteiger partial charge in [0.25, 0.3) is 5.91 Å². The van der Waals surface area contributed by atoms with Crippen LogP contribution in [0.5, 0.6) is 0 Å². The molecule has 2 aromatic carbocycles. The molecule has 1 amide bonds. The van der Waals surface area contributed by atoms with Crippen molar-refractivity contribution in [3.63, 3.8) is 0 Å². The zero-order chi connectivity index (χ0) is 19.3. The van der Waals surface area contributed by atoms with E-state index in [1.807, 2.05) is 49.5 Å². The molecule has 0 spiro atoms. The first-order valence-electron chi connectivity index (χ1n) is 8.45. The van der Waals surface area contributed by atoms with Crippen molar-refractivity contribution < 1.29 is 18.5 Å². The van der Waals surface area contributed by atoms with Crippen LogP contribution in [-0.2, 0) is 14.8 Å². The molecule has 0 unspecified atom stereocenters. The van der Waals surface area contributed by atoms with Gasteiger partial charge in [-0.1, -0.05) is 36.4 Å². The Morgan fingerprint density at radius 3 is 2.31 bits per heavy atom. The summed E-state index contributed by atoms with van der Waals surface area (Å²) in [5.41, 5.74) is 1.61. The summed E-state index contributed by atoms with van der Waals surface area (Å²) in [4.78, 5) is 12.6. The fourth-order valence-corrected chi connectivity index (χ4v) is 3.54. The van der Waals surface area contributed by atoms with Crippen molar-refractivity contribution in [1.29, 1.82) is 0 Å². The van der Waals surface area contributed by atoms with Crippen LogP contribution in [-0.4, -0.2) is 38.8 Å². The van der Waals surface area contributed by atoms with E-state index in [1.165, 1.54) is 26.2 Å². The van der Waals surface area contributed by atoms with Crippen molar-refractivity contribution >= 4 is 21.6 Å². The molecular weight excluding hydrogens is 350 g/mol. The fraction of sp³-hybridized carbons (Fsp3) is 0.316. The highest BCUT2D eigenvalue weighted by atomic mass is 32.2. The molecule has 0 radical (unpaired) electrons. The normalized spacial score (nSPS) is 14.0. The van der Waals surface area contributed by atoms with Gasteiger partial charge in [-0.3, -0.25) is 4.79 Å². The van der Waals surface area contributed by atoms with Gasteiger partial charge in [0.2, 0.25) is 10.0 Å². The van der Waals surface area contributed by atoms with E-state index >= 15 is 0 Å². The van der Waals surface area contributed by atoms with Gasteiger partial charge < -0.3 is 10.6 Å². The highest BCUT2D eigenvalue weighted by molar-refractivity contribution is 7.89. The van der Waals surface area contributed by atoms with Gasteiger partial charge in [-0.05, 0) is 32.0 Å². The number of amides is 1. The van der Waals surface area contributed by atoms with Crippen LogP contribution >= 0.6 is 0 Å². The van der Waals surface area contributed by atoms with Crippen molar-refractivity contribution in [2.24, 2.45) is 0 Å². The largest absolute Gasteiger partial charge is 0.330 e. The zero-order valence-corrected chi connectivity index (χ0v) is 16.3. The predicted molar refractivity (Wildman–Crippen MR) is 102 cm³/mol. The molecule has 0 saturated carbocycles. The number of carbonyl (C=O) groups excluding carboxylic acids is 1. The third-order valence-corrected chi connectivity index (χ3v) is 6.01. The molecule has 0 aromatic heterocycles. The lowest BCUT2D eigenvalue weighted by Gasteiger charge is -2.17. The number of anilines is 1. The van der Waals surface area contributed by atoms with Crippen LogP contribution in [0, 0.1) is 0 Å². The van der Waals surface area contributed by atoms with Gasteiger partial charge in [-0.2, -0.15) is 0 Å². The molecule has 2 rings (SSSR count). The number of sulfonamides is 1. The summed E-state index contributed by atoms with van der Waals surface area (Å²) in [6, 6.07) is 16.1. The van der Waals surface area contributed by atoms with Crippen LogP contribution in [0.25, 0.3) is 0 Å². The number of quaternary nitrogens is 1. The minimum Gasteiger partial charge on any atom is -0.330 e. The smallest absolute Gasteiger partial charge is 0.282 e. The van der Waals surface area contributed by atoms with Gasteiger partial charge in [-0.15, -0.1) is 0 Å². The number of hydrogen-bond acceptors (Lipinski definition) is 3. The van der Waals surface area contributed by atoms with Crippen molar-refractivity contribution in [1.82, 2.24) is 4.31 Å². The lowest BCUT2D eigenvalue weighted by molar-refractivity contribution is -0.709. The van der Waals surface area contributed by atoms with E-state index in [4.69, 9.17) is 0 Å². The van der Waals surface area contributed by atoms with Crippen LogP contribution in [0.4, 0.5) is 5.69 Å². The number of carbonyl (C=O) groups is 1. The van der Waals surface area contributed by atoms with E-state index < -0.39 is 10.0 Å². The van der Waals surface area contributed by atoms with Crippen molar-refractivity contribution in [3.05, 3.63) is 60.2 Å². The van der Waals surface area contributed by atoms with Gasteiger partial charge in [0.1, 0.15) is 6.04 Å². The molecular formula is C19H26N3O3S+. The molecule has 7 heteroatoms. The van der Waals surface area contributed by atoms with E-state index in [0.717, 1.165) is 9.87 Å². The monoisotopic (exact) mass is 376 g/mol. The molecule has 3 N–H and O–H groups in total. The second kappa shape index (κ2) is 8.44. The minimum absolute atomic E-state index is 0.136. The lowest BCUT2D eigenvalue weighted by atomic mass is 10.1. The second-order valence-corrected chi connectivity index (χ2v) is 8.64. The molecule has 0 bridgehead atoms. The summed E-state index contributed by atoms with van der Waals surface area (Å²) in [6.45, 7) is 3.87. The molecule has 26 heavy (non-hydrogen) atoms. The molecule has 2 atom stereocenters. The van der Waals surface area contributed by atoms with E-state index in [0.29, 0.717) is 5.69 Å². The Balaban J connectivity index is 2.05. The average Bonchev–Trinajstić information content (AvgIpc) is 2.62. The summed E-state index contributed by atoms with van der Waals surface area (Å²) in [5.74, 6) is -0.174. The maximum Gasteiger partial charge on any atom is 0.282 e. The van der Waals surface area contributed by atoms with Crippen LogP contribution in [0.2, 0.25) is 0 Å². The summed E-state index contributed by atoms with van der Waals surface area (Å²) < 4.78 is 25.6. The van der Waals surface area contributed by atoms with Crippen molar-refractivity contribution in [2.45, 2.75) is 30.8 Å². The Morgan fingerprint density at radius 2 is 1.69 bits per heavy atom. The third-order valence-electron chi connectivity index (χ3n) is 4.20. The molecule has 140 valence electrons. The predicted octanol–water partition coefficient (Wildman–Crippen LogP) is 1.59. The molecule has 0 saturated heterocycles. The average molecular weight is 377 g/mol. The van der Waals surface area contributed by atoms with Gasteiger partial charge in [0.05, 0.1) is 4.90 Å². The van der Waals surface area contributed by atoms with Crippen molar-refractivity contribution in [3.8, 4) is 0 Å². The van der Waals surface area contributed by atoms with Crippen molar-refractivity contribution in [2.75, 3.05) is 19.4 Å². The summed E-state index contributed by atoms with van der Waals surface area (Å²) in [7, 11) is -0.587. The number of rotatable bonds is 7. The maximum absolute atomic E-state index is 12.5. The van der Waals surface area contributed by atoms with Crippen LogP contribution in [0.1, 0.15) is 25.5 Å². The standard InChI is InChI=1S/C19H25N3O3S/c1-14(16-9-6-5-7-10-16)20-15(2)19(23)21-17-11-8-12-18(13-17)26(24,25)22(3)4/h5-15,20H,1-4H3,(H,21,23)/p+1/t14-,15+/m1/s1. The van der Waals surface area contributed by atoms with E-state index in [9.17, 15) is 13.2 Å². The first-order valence-corrected chi connectivity index (χ1v) is 9.89. The quantitative estimate of drug-likeness (QED) is 0.770. The number of nitrogens with zero attached hydrogens (tertiary/aromatic N) is 1. The number of benzene rings is 2. The van der Waals surface area contributed by atoms with Gasteiger partial charge >= 0.3 is 0 Å². The Kier molecular flexibility index (Phi) is 6.52. The topological polar surface area (TPSA) is 83.1 Å². The van der Waals surface area contributed by atoms with Gasteiger partial charge in [0.15, 0.2) is 6.04 Å². The lowest BCUT2D eigenvalue weighted by Crippen LogP contribution is -2.91. The van der Waals surface area contributed by atoms with Crippen LogP contribution in [0.15, 0.2) is 59.5 Å². The summed E-state index contributed by atoms with van der Waals surface area (Å²) >= 11 is 0.